The maximum atomic E-state index is 12.5. The average Bonchev–Trinajstić information content (AvgIpc) is 3.54. The number of fused-ring (bicyclic) bond motifs is 2. The van der Waals surface area contributed by atoms with Crippen molar-refractivity contribution in [3.8, 4) is 5.75 Å². The second-order valence-corrected chi connectivity index (χ2v) is 8.71. The van der Waals surface area contributed by atoms with Crippen LogP contribution in [0.25, 0.3) is 0 Å². The highest BCUT2D eigenvalue weighted by atomic mass is 16.5. The van der Waals surface area contributed by atoms with Gasteiger partial charge in [-0.1, -0.05) is 31.7 Å². The number of amides is 1. The number of carbonyl (C=O) groups is 2. The lowest BCUT2D eigenvalue weighted by Gasteiger charge is -2.08. The van der Waals surface area contributed by atoms with E-state index in [1.54, 1.807) is 12.1 Å². The van der Waals surface area contributed by atoms with Crippen LogP contribution in [0.3, 0.4) is 0 Å². The molecule has 0 aromatic heterocycles. The lowest BCUT2D eigenvalue weighted by molar-refractivity contribution is -0.136. The molecule has 5 atom stereocenters. The van der Waals surface area contributed by atoms with E-state index in [1.807, 2.05) is 12.1 Å². The van der Waals surface area contributed by atoms with Crippen LogP contribution in [0.1, 0.15) is 51.4 Å². The van der Waals surface area contributed by atoms with E-state index < -0.39 is 0 Å². The van der Waals surface area contributed by atoms with Crippen molar-refractivity contribution >= 4 is 17.6 Å². The molecule has 1 N–H and O–H groups in total. The van der Waals surface area contributed by atoms with Gasteiger partial charge in [-0.2, -0.15) is 0 Å². The van der Waals surface area contributed by atoms with Crippen LogP contribution in [-0.2, 0) is 9.59 Å². The number of nitrogens with one attached hydrogen (secondary N) is 1. The first-order valence-electron chi connectivity index (χ1n) is 10.3. The molecule has 1 aromatic rings. The van der Waals surface area contributed by atoms with Crippen molar-refractivity contribution in [2.24, 2.45) is 35.5 Å². The number of hydrogen-bond donors (Lipinski definition) is 1. The lowest BCUT2D eigenvalue weighted by atomic mass is 10.0. The van der Waals surface area contributed by atoms with Crippen molar-refractivity contribution in [1.29, 1.82) is 0 Å². The van der Waals surface area contributed by atoms with Crippen molar-refractivity contribution in [3.63, 3.8) is 0 Å². The van der Waals surface area contributed by atoms with Gasteiger partial charge < -0.3 is 10.1 Å². The zero-order chi connectivity index (χ0) is 17.7. The first-order chi connectivity index (χ1) is 12.7. The second-order valence-electron chi connectivity index (χ2n) is 8.71. The third kappa shape index (κ3) is 2.93. The van der Waals surface area contributed by atoms with Gasteiger partial charge in [0, 0.05) is 17.7 Å². The molecule has 5 rings (SSSR count). The van der Waals surface area contributed by atoms with Gasteiger partial charge in [-0.15, -0.1) is 0 Å². The molecule has 0 spiro atoms. The second kappa shape index (κ2) is 6.40. The number of esters is 1. The third-order valence-corrected chi connectivity index (χ3v) is 7.21. The SMILES string of the molecule is O=C(Nc1cccc(OC(=O)C2[C@@H]3CCCC[C@@H]23)c1)C1[C@H]2CCCC[C@@H]12. The first kappa shape index (κ1) is 16.3. The van der Waals surface area contributed by atoms with Crippen molar-refractivity contribution in [2.45, 2.75) is 51.4 Å². The van der Waals surface area contributed by atoms with E-state index in [-0.39, 0.29) is 23.7 Å². The quantitative estimate of drug-likeness (QED) is 0.645. The molecule has 1 amide bonds. The van der Waals surface area contributed by atoms with Crippen LogP contribution < -0.4 is 10.1 Å². The summed E-state index contributed by atoms with van der Waals surface area (Å²) in [7, 11) is 0. The van der Waals surface area contributed by atoms with E-state index in [2.05, 4.69) is 5.32 Å². The maximum absolute atomic E-state index is 12.5. The summed E-state index contributed by atoms with van der Waals surface area (Å²) in [5, 5.41) is 3.04. The van der Waals surface area contributed by atoms with Gasteiger partial charge >= 0.3 is 5.97 Å². The molecule has 0 radical (unpaired) electrons. The highest BCUT2D eigenvalue weighted by molar-refractivity contribution is 5.95. The fourth-order valence-electron chi connectivity index (χ4n) is 5.77. The van der Waals surface area contributed by atoms with Crippen LogP contribution in [-0.4, -0.2) is 11.9 Å². The number of benzene rings is 1. The Kier molecular flexibility index (Phi) is 4.02. The molecule has 0 aliphatic heterocycles. The Balaban J connectivity index is 1.19. The van der Waals surface area contributed by atoms with E-state index in [0.29, 0.717) is 29.4 Å². The van der Waals surface area contributed by atoms with E-state index >= 15 is 0 Å². The molecule has 4 heteroatoms. The van der Waals surface area contributed by atoms with Gasteiger partial charge in [-0.3, -0.25) is 9.59 Å². The molecule has 0 heterocycles. The largest absolute Gasteiger partial charge is 0.426 e. The Labute approximate surface area is 154 Å². The fourth-order valence-corrected chi connectivity index (χ4v) is 5.77. The normalized spacial score (nSPS) is 37.1. The van der Waals surface area contributed by atoms with Crippen molar-refractivity contribution in [2.75, 3.05) is 5.32 Å². The zero-order valence-electron chi connectivity index (χ0n) is 15.2. The van der Waals surface area contributed by atoms with Gasteiger partial charge in [0.05, 0.1) is 5.92 Å². The highest BCUT2D eigenvalue weighted by Crippen LogP contribution is 2.56. The van der Waals surface area contributed by atoms with Crippen LogP contribution in [0, 0.1) is 35.5 Å². The predicted octanol–water partition coefficient (Wildman–Crippen LogP) is 4.40. The van der Waals surface area contributed by atoms with Gasteiger partial charge in [0.2, 0.25) is 5.91 Å². The molecule has 4 aliphatic rings. The molecule has 4 nitrogen and oxygen atoms in total. The number of rotatable bonds is 4. The summed E-state index contributed by atoms with van der Waals surface area (Å²) >= 11 is 0. The van der Waals surface area contributed by atoms with Crippen molar-refractivity contribution < 1.29 is 14.3 Å². The van der Waals surface area contributed by atoms with Crippen molar-refractivity contribution in [1.82, 2.24) is 0 Å². The molecule has 26 heavy (non-hydrogen) atoms. The topological polar surface area (TPSA) is 55.4 Å². The summed E-state index contributed by atoms with van der Waals surface area (Å²) < 4.78 is 5.63. The third-order valence-electron chi connectivity index (χ3n) is 7.21. The minimum absolute atomic E-state index is 0.0846. The minimum Gasteiger partial charge on any atom is -0.426 e. The van der Waals surface area contributed by atoms with Gasteiger partial charge in [0.15, 0.2) is 0 Å². The number of anilines is 1. The molecule has 4 fully saturated rings. The van der Waals surface area contributed by atoms with Crippen LogP contribution in [0.15, 0.2) is 24.3 Å². The first-order valence-corrected chi connectivity index (χ1v) is 10.3. The number of hydrogen-bond acceptors (Lipinski definition) is 3. The Bertz CT molecular complexity index is 649. The molecule has 4 saturated carbocycles. The van der Waals surface area contributed by atoms with Crippen LogP contribution in [0.4, 0.5) is 5.69 Å². The van der Waals surface area contributed by atoms with E-state index in [4.69, 9.17) is 4.74 Å². The van der Waals surface area contributed by atoms with Gasteiger partial charge in [0.1, 0.15) is 5.75 Å². The van der Waals surface area contributed by atoms with E-state index in [1.165, 1.54) is 51.4 Å². The summed E-state index contributed by atoms with van der Waals surface area (Å²) in [6.07, 6.45) is 9.76. The Morgan fingerprint density at radius 3 is 2.04 bits per heavy atom. The Morgan fingerprint density at radius 2 is 1.42 bits per heavy atom. The summed E-state index contributed by atoms with van der Waals surface area (Å²) in [6, 6.07) is 7.31. The smallest absolute Gasteiger partial charge is 0.314 e. The fraction of sp³-hybridized carbons (Fsp3) is 0.636. The van der Waals surface area contributed by atoms with E-state index in [0.717, 1.165) is 5.69 Å². The Morgan fingerprint density at radius 1 is 0.846 bits per heavy atom. The van der Waals surface area contributed by atoms with Gasteiger partial charge in [0.25, 0.3) is 0 Å². The summed E-state index contributed by atoms with van der Waals surface area (Å²) in [5.41, 5.74) is 0.733. The molecular formula is C22H27NO3. The molecule has 138 valence electrons. The van der Waals surface area contributed by atoms with Crippen LogP contribution in [0.5, 0.6) is 5.75 Å². The summed E-state index contributed by atoms with van der Waals surface area (Å²) in [6.45, 7) is 0. The molecule has 1 aromatic carbocycles. The molecule has 0 bridgehead atoms. The Hall–Kier alpha value is -1.84. The number of ether oxygens (including phenoxy) is 1. The van der Waals surface area contributed by atoms with Crippen LogP contribution >= 0.6 is 0 Å². The zero-order valence-corrected chi connectivity index (χ0v) is 15.2. The standard InChI is InChI=1S/C22H27NO3/c24-21(19-15-8-1-2-9-16(15)19)23-13-6-5-7-14(12-13)26-22(25)20-17-10-3-4-11-18(17)20/h5-7,12,15-20H,1-4,8-11H2,(H,23,24)/t15-,16+,17-,18-,19?/m1/s1. The van der Waals surface area contributed by atoms with Crippen molar-refractivity contribution in [3.05, 3.63) is 24.3 Å². The number of carbonyl (C=O) groups excluding carboxylic acids is 2. The van der Waals surface area contributed by atoms with Gasteiger partial charge in [-0.25, -0.2) is 0 Å². The highest BCUT2D eigenvalue weighted by Gasteiger charge is 2.56. The lowest BCUT2D eigenvalue weighted by Crippen LogP contribution is -2.16. The van der Waals surface area contributed by atoms with Gasteiger partial charge in [-0.05, 0) is 61.5 Å². The summed E-state index contributed by atoms with van der Waals surface area (Å²) in [5.74, 6) is 3.20. The maximum Gasteiger partial charge on any atom is 0.314 e. The minimum atomic E-state index is -0.0846. The molecule has 1 unspecified atom stereocenters. The average molecular weight is 353 g/mol. The summed E-state index contributed by atoms with van der Waals surface area (Å²) in [4.78, 5) is 25.0. The monoisotopic (exact) mass is 353 g/mol. The molecule has 0 saturated heterocycles. The van der Waals surface area contributed by atoms with Crippen LogP contribution in [0.2, 0.25) is 0 Å². The molecular weight excluding hydrogens is 326 g/mol. The predicted molar refractivity (Wildman–Crippen MR) is 98.6 cm³/mol. The van der Waals surface area contributed by atoms with E-state index in [9.17, 15) is 9.59 Å². The molecule has 4 aliphatic carbocycles.